The van der Waals surface area contributed by atoms with Gasteiger partial charge >= 0.3 is 0 Å². The lowest BCUT2D eigenvalue weighted by molar-refractivity contribution is -0.138. The molecule has 2 heterocycles. The molecule has 200 valence electrons. The van der Waals surface area contributed by atoms with Crippen molar-refractivity contribution in [2.45, 2.75) is 65.1 Å². The van der Waals surface area contributed by atoms with Gasteiger partial charge in [-0.05, 0) is 74.9 Å². The molecule has 0 saturated carbocycles. The van der Waals surface area contributed by atoms with Gasteiger partial charge in [-0.1, -0.05) is 43.3 Å². The minimum atomic E-state index is -1.08. The first-order chi connectivity index (χ1) is 18.0. The summed E-state index contributed by atoms with van der Waals surface area (Å²) in [5.74, 6) is -0.432. The maximum absolute atomic E-state index is 13.5. The highest BCUT2D eigenvalue weighted by atomic mass is 16.3. The molecule has 2 aromatic carbocycles. The maximum Gasteiger partial charge on any atom is 0.267 e. The summed E-state index contributed by atoms with van der Waals surface area (Å²) in [5, 5.41) is 20.0. The van der Waals surface area contributed by atoms with Gasteiger partial charge in [0.15, 0.2) is 0 Å². The highest BCUT2D eigenvalue weighted by Crippen LogP contribution is 2.44. The van der Waals surface area contributed by atoms with Gasteiger partial charge < -0.3 is 15.3 Å². The zero-order chi connectivity index (χ0) is 27.6. The molecule has 2 amide bonds. The summed E-state index contributed by atoms with van der Waals surface area (Å²) in [6, 6.07) is 16.3. The molecule has 1 aliphatic rings. The monoisotopic (exact) mass is 516 g/mol. The third-order valence-electron chi connectivity index (χ3n) is 7.41. The van der Waals surface area contributed by atoms with Gasteiger partial charge in [0.1, 0.15) is 0 Å². The number of carbonyl (C=O) groups excluding carboxylic acids is 2. The Kier molecular flexibility index (Phi) is 7.83. The lowest BCUT2D eigenvalue weighted by Gasteiger charge is -2.37. The average molecular weight is 517 g/mol. The van der Waals surface area contributed by atoms with E-state index in [0.717, 1.165) is 22.4 Å². The number of amides is 2. The zero-order valence-corrected chi connectivity index (χ0v) is 22.6. The van der Waals surface area contributed by atoms with Crippen LogP contribution in [0.5, 0.6) is 0 Å². The first kappa shape index (κ1) is 27.3. The Balaban J connectivity index is 1.48. The van der Waals surface area contributed by atoms with Gasteiger partial charge in [0.25, 0.3) is 11.5 Å². The quantitative estimate of drug-likeness (QED) is 0.445. The number of carbonyl (C=O) groups is 2. The van der Waals surface area contributed by atoms with Gasteiger partial charge in [-0.25, -0.2) is 5.10 Å². The summed E-state index contributed by atoms with van der Waals surface area (Å²) in [7, 11) is 0. The van der Waals surface area contributed by atoms with E-state index in [0.29, 0.717) is 24.0 Å². The molecule has 1 fully saturated rings. The second kappa shape index (κ2) is 10.9. The summed E-state index contributed by atoms with van der Waals surface area (Å²) in [4.78, 5) is 40.4. The molecule has 0 unspecified atom stereocenters. The van der Waals surface area contributed by atoms with E-state index < -0.39 is 5.60 Å². The topological polar surface area (TPSA) is 115 Å². The number of nitrogens with one attached hydrogen (secondary N) is 2. The fourth-order valence-corrected chi connectivity index (χ4v) is 5.44. The maximum atomic E-state index is 13.5. The highest BCUT2D eigenvalue weighted by Gasteiger charge is 2.47. The fourth-order valence-electron chi connectivity index (χ4n) is 5.44. The van der Waals surface area contributed by atoms with Crippen LogP contribution >= 0.6 is 0 Å². The molecule has 4 rings (SSSR count). The SMILES string of the molecule is Cc1cc(Cc2ccc(C(=O)NCC(=O)N3[C@H](c4ccccc4)[C@H](C)C[C@@H]3C(C)(C)O)cc2C)c(=O)[nH]n1. The molecule has 1 aromatic heterocycles. The number of likely N-dealkylation sites (tertiary alicyclic amines) is 1. The summed E-state index contributed by atoms with van der Waals surface area (Å²) in [6.07, 6.45) is 1.10. The van der Waals surface area contributed by atoms with Crippen LogP contribution in [0.4, 0.5) is 0 Å². The number of aromatic amines is 1. The van der Waals surface area contributed by atoms with Crippen molar-refractivity contribution in [2.24, 2.45) is 5.92 Å². The van der Waals surface area contributed by atoms with E-state index in [-0.39, 0.29) is 41.9 Å². The molecule has 0 bridgehead atoms. The number of hydrogen-bond acceptors (Lipinski definition) is 5. The van der Waals surface area contributed by atoms with Crippen molar-refractivity contribution in [3.8, 4) is 0 Å². The van der Waals surface area contributed by atoms with E-state index in [2.05, 4.69) is 22.4 Å². The van der Waals surface area contributed by atoms with Crippen LogP contribution in [-0.2, 0) is 11.2 Å². The molecular weight excluding hydrogens is 480 g/mol. The van der Waals surface area contributed by atoms with Crippen LogP contribution in [0.1, 0.15) is 71.5 Å². The first-order valence-electron chi connectivity index (χ1n) is 13.0. The number of hydrogen-bond donors (Lipinski definition) is 3. The second-order valence-corrected chi connectivity index (χ2v) is 10.9. The van der Waals surface area contributed by atoms with Crippen LogP contribution in [0, 0.1) is 19.8 Å². The fraction of sp³-hybridized carbons (Fsp3) is 0.400. The third kappa shape index (κ3) is 5.86. The van der Waals surface area contributed by atoms with Crippen molar-refractivity contribution in [3.63, 3.8) is 0 Å². The van der Waals surface area contributed by atoms with E-state index in [4.69, 9.17) is 0 Å². The minimum Gasteiger partial charge on any atom is -0.388 e. The zero-order valence-electron chi connectivity index (χ0n) is 22.6. The van der Waals surface area contributed by atoms with Gasteiger partial charge in [0, 0.05) is 17.5 Å². The van der Waals surface area contributed by atoms with Crippen molar-refractivity contribution < 1.29 is 14.7 Å². The number of nitrogens with zero attached hydrogens (tertiary/aromatic N) is 2. The number of H-pyrrole nitrogens is 1. The number of benzene rings is 2. The average Bonchev–Trinajstić information content (AvgIpc) is 3.24. The normalized spacial score (nSPS) is 19.4. The molecule has 0 radical (unpaired) electrons. The number of aryl methyl sites for hydroxylation is 2. The minimum absolute atomic E-state index is 0.153. The molecule has 38 heavy (non-hydrogen) atoms. The van der Waals surface area contributed by atoms with Crippen molar-refractivity contribution in [1.82, 2.24) is 20.4 Å². The largest absolute Gasteiger partial charge is 0.388 e. The van der Waals surface area contributed by atoms with Crippen LogP contribution in [-0.4, -0.2) is 50.2 Å². The van der Waals surface area contributed by atoms with E-state index in [1.165, 1.54) is 0 Å². The van der Waals surface area contributed by atoms with Gasteiger partial charge in [-0.3, -0.25) is 14.4 Å². The molecule has 1 saturated heterocycles. The molecule has 1 aliphatic heterocycles. The third-order valence-corrected chi connectivity index (χ3v) is 7.41. The number of aliphatic hydroxyl groups is 1. The van der Waals surface area contributed by atoms with Crippen LogP contribution in [0.3, 0.4) is 0 Å². The standard InChI is InChI=1S/C30H36N4O4/c1-18-13-23(12-11-22(18)16-24-15-20(3)32-33-29(24)37)28(36)31-17-26(35)34-25(30(4,5)38)14-19(2)27(34)21-9-7-6-8-10-21/h6-13,15,19,25,27,38H,14,16-17H2,1-5H3,(H,31,36)(H,33,37)/t19-,25-,27+/m1/s1. The van der Waals surface area contributed by atoms with Crippen LogP contribution < -0.4 is 10.9 Å². The Labute approximate surface area is 223 Å². The van der Waals surface area contributed by atoms with E-state index in [1.54, 1.807) is 36.9 Å². The number of rotatable bonds is 7. The Morgan fingerprint density at radius 3 is 2.47 bits per heavy atom. The summed E-state index contributed by atoms with van der Waals surface area (Å²) < 4.78 is 0. The summed E-state index contributed by atoms with van der Waals surface area (Å²) >= 11 is 0. The Bertz CT molecular complexity index is 1380. The van der Waals surface area contributed by atoms with Gasteiger partial charge in [0.2, 0.25) is 5.91 Å². The Morgan fingerprint density at radius 1 is 1.11 bits per heavy atom. The smallest absolute Gasteiger partial charge is 0.267 e. The molecule has 8 nitrogen and oxygen atoms in total. The molecule has 3 N–H and O–H groups in total. The van der Waals surface area contributed by atoms with Crippen molar-refractivity contribution >= 4 is 11.8 Å². The Morgan fingerprint density at radius 2 is 1.82 bits per heavy atom. The summed E-state index contributed by atoms with van der Waals surface area (Å²) in [6.45, 7) is 9.07. The van der Waals surface area contributed by atoms with E-state index in [1.807, 2.05) is 50.2 Å². The predicted octanol–water partition coefficient (Wildman–Crippen LogP) is 3.46. The van der Waals surface area contributed by atoms with Crippen molar-refractivity contribution in [1.29, 1.82) is 0 Å². The number of aromatic nitrogens is 2. The molecule has 0 spiro atoms. The van der Waals surface area contributed by atoms with Crippen molar-refractivity contribution in [3.05, 3.63) is 98.5 Å². The van der Waals surface area contributed by atoms with Crippen molar-refractivity contribution in [2.75, 3.05) is 6.54 Å². The highest BCUT2D eigenvalue weighted by molar-refractivity contribution is 5.96. The lowest BCUT2D eigenvalue weighted by Crippen LogP contribution is -2.51. The Hall–Kier alpha value is -3.78. The first-order valence-corrected chi connectivity index (χ1v) is 13.0. The van der Waals surface area contributed by atoms with Gasteiger partial charge in [-0.15, -0.1) is 0 Å². The molecule has 3 aromatic rings. The van der Waals surface area contributed by atoms with Gasteiger partial charge in [0.05, 0.1) is 29.9 Å². The molecule has 8 heteroatoms. The lowest BCUT2D eigenvalue weighted by atomic mass is 9.92. The van der Waals surface area contributed by atoms with E-state index >= 15 is 0 Å². The second-order valence-electron chi connectivity index (χ2n) is 10.9. The van der Waals surface area contributed by atoms with E-state index in [9.17, 15) is 19.5 Å². The molecule has 0 aliphatic carbocycles. The van der Waals surface area contributed by atoms with Gasteiger partial charge in [-0.2, -0.15) is 5.10 Å². The summed E-state index contributed by atoms with van der Waals surface area (Å²) in [5.41, 5.74) is 3.28. The molecule has 3 atom stereocenters. The molecular formula is C30H36N4O4. The van der Waals surface area contributed by atoms with Crippen LogP contribution in [0.25, 0.3) is 0 Å². The van der Waals surface area contributed by atoms with Crippen LogP contribution in [0.2, 0.25) is 0 Å². The van der Waals surface area contributed by atoms with Crippen LogP contribution in [0.15, 0.2) is 59.4 Å². The predicted molar refractivity (Wildman–Crippen MR) is 146 cm³/mol.